The number of unbranched alkanes of at least 4 members (excludes halogenated alkanes) is 1. The van der Waals surface area contributed by atoms with Crippen LogP contribution in [0.1, 0.15) is 31.7 Å². The molecule has 0 radical (unpaired) electrons. The normalized spacial score (nSPS) is 13.9. The summed E-state index contributed by atoms with van der Waals surface area (Å²) in [6, 6.07) is 9.67. The van der Waals surface area contributed by atoms with Crippen molar-refractivity contribution in [3.05, 3.63) is 35.9 Å². The molecule has 0 fully saturated rings. The maximum Gasteiger partial charge on any atom is 0.224 e. The monoisotopic (exact) mass is 283 g/mol. The lowest BCUT2D eigenvalue weighted by Crippen LogP contribution is -2.48. The van der Waals surface area contributed by atoms with Crippen molar-refractivity contribution in [3.8, 4) is 0 Å². The van der Waals surface area contributed by atoms with Gasteiger partial charge in [-0.15, -0.1) is 11.6 Å². The van der Waals surface area contributed by atoms with Gasteiger partial charge in [-0.25, -0.2) is 0 Å². The average Bonchev–Trinajstić information content (AvgIpc) is 2.38. The standard InChI is InChI=1S/C15H22ClNO2/c1-15(19,12-13-8-4-3-5-9-13)17(2)14(18)10-6-7-11-16/h3-5,8-9,19H,6-7,10-12H2,1-2H3/t15-/m0/s1. The van der Waals surface area contributed by atoms with Gasteiger partial charge in [0.25, 0.3) is 0 Å². The molecule has 0 saturated carbocycles. The third-order valence-electron chi connectivity index (χ3n) is 3.25. The molecule has 1 aromatic rings. The summed E-state index contributed by atoms with van der Waals surface area (Å²) < 4.78 is 0. The Hall–Kier alpha value is -1.06. The Bertz CT molecular complexity index is 392. The molecule has 3 nitrogen and oxygen atoms in total. The van der Waals surface area contributed by atoms with Crippen LogP contribution in [0.2, 0.25) is 0 Å². The van der Waals surface area contributed by atoms with Gasteiger partial charge in [0.2, 0.25) is 5.91 Å². The Labute approximate surface area is 120 Å². The first-order valence-electron chi connectivity index (χ1n) is 6.56. The molecule has 0 heterocycles. The van der Waals surface area contributed by atoms with E-state index in [0.29, 0.717) is 18.7 Å². The van der Waals surface area contributed by atoms with E-state index in [1.165, 1.54) is 4.90 Å². The SMILES string of the molecule is CN(C(=O)CCCCCl)[C@@](C)(O)Cc1ccccc1. The summed E-state index contributed by atoms with van der Waals surface area (Å²) >= 11 is 5.59. The maximum atomic E-state index is 12.0. The fourth-order valence-corrected chi connectivity index (χ4v) is 2.10. The molecule has 1 aromatic carbocycles. The summed E-state index contributed by atoms with van der Waals surface area (Å²) in [5, 5.41) is 10.4. The van der Waals surface area contributed by atoms with Crippen molar-refractivity contribution < 1.29 is 9.90 Å². The second-order valence-electron chi connectivity index (χ2n) is 4.98. The van der Waals surface area contributed by atoms with Crippen LogP contribution < -0.4 is 0 Å². The van der Waals surface area contributed by atoms with Gasteiger partial charge in [0.15, 0.2) is 0 Å². The van der Waals surface area contributed by atoms with E-state index < -0.39 is 5.72 Å². The van der Waals surface area contributed by atoms with Crippen LogP contribution >= 0.6 is 11.6 Å². The highest BCUT2D eigenvalue weighted by molar-refractivity contribution is 6.17. The minimum atomic E-state index is -1.17. The van der Waals surface area contributed by atoms with Crippen LogP contribution in [0.25, 0.3) is 0 Å². The third kappa shape index (κ3) is 5.21. The summed E-state index contributed by atoms with van der Waals surface area (Å²) in [5.74, 6) is 0.517. The quantitative estimate of drug-likeness (QED) is 0.475. The summed E-state index contributed by atoms with van der Waals surface area (Å²) in [6.07, 6.45) is 2.43. The Kier molecular flexibility index (Phi) is 6.32. The van der Waals surface area contributed by atoms with Crippen LogP contribution in [-0.4, -0.2) is 34.6 Å². The van der Waals surface area contributed by atoms with E-state index in [1.54, 1.807) is 14.0 Å². The first-order valence-corrected chi connectivity index (χ1v) is 7.10. The second-order valence-corrected chi connectivity index (χ2v) is 5.36. The predicted molar refractivity (Wildman–Crippen MR) is 78.1 cm³/mol. The Morgan fingerprint density at radius 1 is 1.32 bits per heavy atom. The minimum absolute atomic E-state index is 0.0500. The lowest BCUT2D eigenvalue weighted by atomic mass is 10.0. The number of aliphatic hydroxyl groups is 1. The van der Waals surface area contributed by atoms with Crippen molar-refractivity contribution in [1.29, 1.82) is 0 Å². The Morgan fingerprint density at radius 3 is 2.53 bits per heavy atom. The van der Waals surface area contributed by atoms with Gasteiger partial charge >= 0.3 is 0 Å². The van der Waals surface area contributed by atoms with Crippen molar-refractivity contribution in [2.24, 2.45) is 0 Å². The molecule has 0 aliphatic rings. The van der Waals surface area contributed by atoms with Crippen LogP contribution in [0.15, 0.2) is 30.3 Å². The van der Waals surface area contributed by atoms with E-state index in [0.717, 1.165) is 18.4 Å². The zero-order valence-electron chi connectivity index (χ0n) is 11.6. The second kappa shape index (κ2) is 7.51. The first kappa shape index (κ1) is 16.0. The van der Waals surface area contributed by atoms with E-state index in [4.69, 9.17) is 11.6 Å². The fraction of sp³-hybridized carbons (Fsp3) is 0.533. The largest absolute Gasteiger partial charge is 0.371 e. The van der Waals surface area contributed by atoms with Gasteiger partial charge in [-0.3, -0.25) is 4.79 Å². The van der Waals surface area contributed by atoms with Crippen LogP contribution in [0.5, 0.6) is 0 Å². The zero-order chi connectivity index (χ0) is 14.3. The van der Waals surface area contributed by atoms with Gasteiger partial charge in [0.1, 0.15) is 5.72 Å². The molecule has 1 amide bonds. The predicted octanol–water partition coefficient (Wildman–Crippen LogP) is 2.81. The van der Waals surface area contributed by atoms with E-state index in [2.05, 4.69) is 0 Å². The maximum absolute atomic E-state index is 12.0. The highest BCUT2D eigenvalue weighted by Crippen LogP contribution is 2.18. The van der Waals surface area contributed by atoms with Crippen molar-refractivity contribution in [1.82, 2.24) is 4.90 Å². The molecular formula is C15H22ClNO2. The molecule has 0 saturated heterocycles. The number of hydrogen-bond donors (Lipinski definition) is 1. The first-order chi connectivity index (χ1) is 8.97. The molecule has 106 valence electrons. The highest BCUT2D eigenvalue weighted by atomic mass is 35.5. The van der Waals surface area contributed by atoms with Crippen LogP contribution in [-0.2, 0) is 11.2 Å². The van der Waals surface area contributed by atoms with Crippen LogP contribution in [0.3, 0.4) is 0 Å². The third-order valence-corrected chi connectivity index (χ3v) is 3.52. The molecule has 1 rings (SSSR count). The number of alkyl halides is 1. The number of carbonyl (C=O) groups excluding carboxylic acids is 1. The molecule has 0 unspecified atom stereocenters. The highest BCUT2D eigenvalue weighted by Gasteiger charge is 2.29. The van der Waals surface area contributed by atoms with Crippen molar-refractivity contribution in [3.63, 3.8) is 0 Å². The van der Waals surface area contributed by atoms with Gasteiger partial charge in [-0.05, 0) is 25.3 Å². The van der Waals surface area contributed by atoms with Gasteiger partial charge < -0.3 is 10.0 Å². The molecule has 0 bridgehead atoms. The molecule has 1 atom stereocenters. The summed E-state index contributed by atoms with van der Waals surface area (Å²) in [6.45, 7) is 1.67. The molecule has 1 N–H and O–H groups in total. The smallest absolute Gasteiger partial charge is 0.224 e. The van der Waals surface area contributed by atoms with Gasteiger partial charge in [-0.1, -0.05) is 30.3 Å². The number of benzene rings is 1. The fourth-order valence-electron chi connectivity index (χ4n) is 1.91. The van der Waals surface area contributed by atoms with E-state index >= 15 is 0 Å². The zero-order valence-corrected chi connectivity index (χ0v) is 12.4. The number of nitrogens with zero attached hydrogens (tertiary/aromatic N) is 1. The number of carbonyl (C=O) groups is 1. The van der Waals surface area contributed by atoms with Gasteiger partial charge in [-0.2, -0.15) is 0 Å². The topological polar surface area (TPSA) is 40.5 Å². The Morgan fingerprint density at radius 2 is 1.95 bits per heavy atom. The molecular weight excluding hydrogens is 262 g/mol. The number of halogens is 1. The number of hydrogen-bond acceptors (Lipinski definition) is 2. The Balaban J connectivity index is 2.58. The van der Waals surface area contributed by atoms with E-state index in [9.17, 15) is 9.90 Å². The number of likely N-dealkylation sites (N-methyl/N-ethyl adjacent to an activating group) is 1. The van der Waals surface area contributed by atoms with E-state index in [1.807, 2.05) is 30.3 Å². The molecule has 0 aromatic heterocycles. The van der Waals surface area contributed by atoms with Gasteiger partial charge in [0, 0.05) is 25.8 Å². The van der Waals surface area contributed by atoms with Gasteiger partial charge in [0.05, 0.1) is 0 Å². The molecule has 19 heavy (non-hydrogen) atoms. The summed E-state index contributed by atoms with van der Waals surface area (Å²) in [7, 11) is 1.64. The molecule has 0 spiro atoms. The minimum Gasteiger partial charge on any atom is -0.371 e. The molecule has 0 aliphatic carbocycles. The molecule has 0 aliphatic heterocycles. The van der Waals surface area contributed by atoms with Crippen molar-refractivity contribution >= 4 is 17.5 Å². The van der Waals surface area contributed by atoms with Crippen molar-refractivity contribution in [2.75, 3.05) is 12.9 Å². The number of rotatable bonds is 7. The van der Waals surface area contributed by atoms with Crippen LogP contribution in [0, 0.1) is 0 Å². The lowest BCUT2D eigenvalue weighted by molar-refractivity contribution is -0.152. The lowest BCUT2D eigenvalue weighted by Gasteiger charge is -2.34. The molecule has 4 heteroatoms. The average molecular weight is 284 g/mol. The number of amides is 1. The summed E-state index contributed by atoms with van der Waals surface area (Å²) in [5.41, 5.74) is -0.160. The summed E-state index contributed by atoms with van der Waals surface area (Å²) in [4.78, 5) is 13.4. The van der Waals surface area contributed by atoms with E-state index in [-0.39, 0.29) is 5.91 Å². The van der Waals surface area contributed by atoms with Crippen LogP contribution in [0.4, 0.5) is 0 Å². The van der Waals surface area contributed by atoms with Crippen molar-refractivity contribution in [2.45, 2.75) is 38.3 Å².